The number of halogens is 1. The van der Waals surface area contributed by atoms with E-state index in [1.807, 2.05) is 54.8 Å². The number of carbonyl (C=O) groups excluding carboxylic acids is 1. The van der Waals surface area contributed by atoms with E-state index >= 15 is 0 Å². The Labute approximate surface area is 167 Å². The number of hydrogen-bond acceptors (Lipinski definition) is 4. The molecular formula is C20H19ClN2OS2. The topological polar surface area (TPSA) is 33.2 Å². The third-order valence-corrected chi connectivity index (χ3v) is 6.43. The zero-order valence-electron chi connectivity index (χ0n) is 14.8. The van der Waals surface area contributed by atoms with E-state index in [0.717, 1.165) is 26.9 Å². The Morgan fingerprint density at radius 2 is 1.96 bits per heavy atom. The molecule has 3 nitrogen and oxygen atoms in total. The van der Waals surface area contributed by atoms with Crippen LogP contribution in [0.3, 0.4) is 0 Å². The quantitative estimate of drug-likeness (QED) is 0.463. The van der Waals surface area contributed by atoms with Gasteiger partial charge in [-0.25, -0.2) is 4.98 Å². The van der Waals surface area contributed by atoms with Crippen LogP contribution in [0, 0.1) is 13.8 Å². The van der Waals surface area contributed by atoms with Gasteiger partial charge in [-0.05, 0) is 49.2 Å². The highest BCUT2D eigenvalue weighted by atomic mass is 35.5. The van der Waals surface area contributed by atoms with Gasteiger partial charge in [0, 0.05) is 23.0 Å². The van der Waals surface area contributed by atoms with Crippen LogP contribution in [0.25, 0.3) is 0 Å². The zero-order valence-corrected chi connectivity index (χ0v) is 17.2. The second-order valence-electron chi connectivity index (χ2n) is 5.96. The Morgan fingerprint density at radius 1 is 1.19 bits per heavy atom. The number of aryl methyl sites for hydroxylation is 2. The summed E-state index contributed by atoms with van der Waals surface area (Å²) in [6.07, 6.45) is 0. The van der Waals surface area contributed by atoms with Crippen molar-refractivity contribution in [2.24, 2.45) is 0 Å². The van der Waals surface area contributed by atoms with E-state index < -0.39 is 0 Å². The van der Waals surface area contributed by atoms with Gasteiger partial charge in [-0.2, -0.15) is 0 Å². The highest BCUT2D eigenvalue weighted by Gasteiger charge is 2.18. The fourth-order valence-corrected chi connectivity index (χ4v) is 4.59. The van der Waals surface area contributed by atoms with Gasteiger partial charge in [-0.3, -0.25) is 9.69 Å². The van der Waals surface area contributed by atoms with Gasteiger partial charge < -0.3 is 0 Å². The molecule has 3 aromatic rings. The summed E-state index contributed by atoms with van der Waals surface area (Å²) in [5, 5.41) is 3.43. The monoisotopic (exact) mass is 402 g/mol. The minimum Gasteiger partial charge on any atom is -0.274 e. The van der Waals surface area contributed by atoms with Gasteiger partial charge in [-0.15, -0.1) is 23.1 Å². The van der Waals surface area contributed by atoms with Crippen LogP contribution in [0.5, 0.6) is 0 Å². The minimum absolute atomic E-state index is 0.0482. The van der Waals surface area contributed by atoms with E-state index in [2.05, 4.69) is 11.9 Å². The fourth-order valence-electron chi connectivity index (χ4n) is 2.47. The van der Waals surface area contributed by atoms with Crippen LogP contribution in [-0.4, -0.2) is 10.9 Å². The Kier molecular flexibility index (Phi) is 6.01. The molecule has 0 unspecified atom stereocenters. The lowest BCUT2D eigenvalue weighted by Crippen LogP contribution is -2.22. The average molecular weight is 403 g/mol. The summed E-state index contributed by atoms with van der Waals surface area (Å²) in [6, 6.07) is 13.8. The highest BCUT2D eigenvalue weighted by molar-refractivity contribution is 7.98. The number of nitrogens with zero attached hydrogens (tertiary/aromatic N) is 2. The van der Waals surface area contributed by atoms with Crippen molar-refractivity contribution in [3.05, 3.63) is 69.7 Å². The van der Waals surface area contributed by atoms with Gasteiger partial charge in [0.2, 0.25) is 5.91 Å². The molecule has 3 rings (SSSR count). The first kappa shape index (κ1) is 19.0. The lowest BCUT2D eigenvalue weighted by Gasteiger charge is -2.19. The van der Waals surface area contributed by atoms with Crippen LogP contribution >= 0.6 is 34.7 Å². The van der Waals surface area contributed by atoms with Crippen molar-refractivity contribution in [1.29, 1.82) is 0 Å². The van der Waals surface area contributed by atoms with Crippen LogP contribution in [0.15, 0.2) is 52.7 Å². The summed E-state index contributed by atoms with van der Waals surface area (Å²) >= 11 is 9.32. The summed E-state index contributed by atoms with van der Waals surface area (Å²) in [5.41, 5.74) is 4.14. The molecule has 134 valence electrons. The summed E-state index contributed by atoms with van der Waals surface area (Å²) in [6.45, 7) is 5.67. The zero-order chi connectivity index (χ0) is 18.7. The van der Waals surface area contributed by atoms with Crippen LogP contribution in [0.2, 0.25) is 5.02 Å². The van der Waals surface area contributed by atoms with Gasteiger partial charge in [-0.1, -0.05) is 29.8 Å². The molecule has 1 heterocycles. The van der Waals surface area contributed by atoms with E-state index in [-0.39, 0.29) is 5.91 Å². The lowest BCUT2D eigenvalue weighted by atomic mass is 10.1. The van der Waals surface area contributed by atoms with Crippen molar-refractivity contribution >= 4 is 51.4 Å². The van der Waals surface area contributed by atoms with E-state index in [1.165, 1.54) is 16.9 Å². The minimum atomic E-state index is -0.0482. The van der Waals surface area contributed by atoms with Gasteiger partial charge in [0.05, 0.1) is 16.4 Å². The molecule has 0 atom stereocenters. The molecule has 0 bridgehead atoms. The van der Waals surface area contributed by atoms with Crippen LogP contribution in [0.1, 0.15) is 23.7 Å². The molecule has 6 heteroatoms. The predicted octanol–water partition coefficient (Wildman–Crippen LogP) is 6.39. The first-order valence-electron chi connectivity index (χ1n) is 8.15. The molecule has 0 N–H and O–H groups in total. The highest BCUT2D eigenvalue weighted by Crippen LogP contribution is 2.33. The standard InChI is InChI=1S/C20H19ClN2OS2/c1-13-8-9-17(10-14(13)2)23(15(3)24)20-22-16(12-26-20)11-25-19-7-5-4-6-18(19)21/h4-10,12H,11H2,1-3H3. The predicted molar refractivity (Wildman–Crippen MR) is 112 cm³/mol. The Bertz CT molecular complexity index is 939. The molecule has 0 aliphatic rings. The number of anilines is 2. The summed E-state index contributed by atoms with van der Waals surface area (Å²) < 4.78 is 0. The molecule has 0 spiro atoms. The van der Waals surface area contributed by atoms with Crippen LogP contribution < -0.4 is 4.90 Å². The van der Waals surface area contributed by atoms with E-state index in [1.54, 1.807) is 23.6 Å². The largest absolute Gasteiger partial charge is 0.274 e. The maximum atomic E-state index is 12.2. The molecule has 0 fully saturated rings. The Morgan fingerprint density at radius 3 is 2.65 bits per heavy atom. The maximum absolute atomic E-state index is 12.2. The SMILES string of the molecule is CC(=O)N(c1ccc(C)c(C)c1)c1nc(CSc2ccccc2Cl)cs1. The molecule has 1 aromatic heterocycles. The molecule has 2 aromatic carbocycles. The van der Waals surface area contributed by atoms with Crippen LogP contribution in [0.4, 0.5) is 10.8 Å². The smallest absolute Gasteiger partial charge is 0.230 e. The van der Waals surface area contributed by atoms with Gasteiger partial charge in [0.1, 0.15) is 0 Å². The van der Waals surface area contributed by atoms with Gasteiger partial charge in [0.15, 0.2) is 5.13 Å². The number of carbonyl (C=O) groups is 1. The molecule has 0 aliphatic carbocycles. The number of thioether (sulfide) groups is 1. The molecule has 0 saturated carbocycles. The second kappa shape index (κ2) is 8.25. The summed E-state index contributed by atoms with van der Waals surface area (Å²) in [7, 11) is 0. The van der Waals surface area contributed by atoms with Crippen molar-refractivity contribution < 1.29 is 4.79 Å². The number of benzene rings is 2. The van der Waals surface area contributed by atoms with Crippen molar-refractivity contribution in [2.45, 2.75) is 31.4 Å². The normalized spacial score (nSPS) is 10.8. The lowest BCUT2D eigenvalue weighted by molar-refractivity contribution is -0.115. The average Bonchev–Trinajstić information content (AvgIpc) is 3.05. The third-order valence-electron chi connectivity index (χ3n) is 4.01. The van der Waals surface area contributed by atoms with E-state index in [0.29, 0.717) is 10.9 Å². The molecule has 26 heavy (non-hydrogen) atoms. The van der Waals surface area contributed by atoms with E-state index in [9.17, 15) is 4.79 Å². The third kappa shape index (κ3) is 4.29. The van der Waals surface area contributed by atoms with Crippen molar-refractivity contribution in [2.75, 3.05) is 4.90 Å². The molecule has 0 aliphatic heterocycles. The first-order chi connectivity index (χ1) is 12.5. The number of aromatic nitrogens is 1. The summed E-state index contributed by atoms with van der Waals surface area (Å²) in [5.74, 6) is 0.659. The van der Waals surface area contributed by atoms with E-state index in [4.69, 9.17) is 11.6 Å². The Hall–Kier alpha value is -1.82. The molecule has 1 amide bonds. The van der Waals surface area contributed by atoms with Crippen molar-refractivity contribution in [3.8, 4) is 0 Å². The first-order valence-corrected chi connectivity index (χ1v) is 10.4. The van der Waals surface area contributed by atoms with Crippen molar-refractivity contribution in [3.63, 3.8) is 0 Å². The molecule has 0 saturated heterocycles. The van der Waals surface area contributed by atoms with Crippen molar-refractivity contribution in [1.82, 2.24) is 4.98 Å². The number of thiazole rings is 1. The Balaban J connectivity index is 1.80. The van der Waals surface area contributed by atoms with Gasteiger partial charge >= 0.3 is 0 Å². The fraction of sp³-hybridized carbons (Fsp3) is 0.200. The number of amides is 1. The molecule has 0 radical (unpaired) electrons. The second-order valence-corrected chi connectivity index (χ2v) is 8.22. The number of rotatable bonds is 5. The van der Waals surface area contributed by atoms with Gasteiger partial charge in [0.25, 0.3) is 0 Å². The maximum Gasteiger partial charge on any atom is 0.230 e. The molecular weight excluding hydrogens is 384 g/mol. The van der Waals surface area contributed by atoms with Crippen LogP contribution in [-0.2, 0) is 10.5 Å². The number of hydrogen-bond donors (Lipinski definition) is 0. The summed E-state index contributed by atoms with van der Waals surface area (Å²) in [4.78, 5) is 19.6.